The van der Waals surface area contributed by atoms with Gasteiger partial charge in [-0.1, -0.05) is 29.8 Å². The molecule has 1 aliphatic heterocycles. The van der Waals surface area contributed by atoms with Gasteiger partial charge in [-0.25, -0.2) is 0 Å². The number of aromatic nitrogens is 1. The van der Waals surface area contributed by atoms with Crippen LogP contribution in [0.15, 0.2) is 65.6 Å². The molecule has 1 amide bonds. The first-order valence-corrected chi connectivity index (χ1v) is 9.22. The van der Waals surface area contributed by atoms with Gasteiger partial charge < -0.3 is 19.6 Å². The third kappa shape index (κ3) is 4.24. The van der Waals surface area contributed by atoms with E-state index in [4.69, 9.17) is 14.3 Å². The van der Waals surface area contributed by atoms with Crippen molar-refractivity contribution < 1.29 is 19.1 Å². The molecule has 1 aliphatic rings. The van der Waals surface area contributed by atoms with Crippen molar-refractivity contribution in [3.8, 4) is 11.5 Å². The van der Waals surface area contributed by atoms with Crippen molar-refractivity contribution in [3.63, 3.8) is 0 Å². The van der Waals surface area contributed by atoms with Crippen molar-refractivity contribution in [2.45, 2.75) is 13.5 Å². The summed E-state index contributed by atoms with van der Waals surface area (Å²) in [6, 6.07) is 15.9. The zero-order chi connectivity index (χ0) is 20.2. The van der Waals surface area contributed by atoms with Crippen molar-refractivity contribution in [1.29, 1.82) is 0 Å². The number of aryl methyl sites for hydroxylation is 1. The fraction of sp³-hybridized carbons (Fsp3) is 0.182. The Hall–Kier alpha value is -3.74. The molecule has 7 nitrogen and oxygen atoms in total. The number of pyridine rings is 1. The third-order valence-electron chi connectivity index (χ3n) is 4.41. The quantitative estimate of drug-likeness (QED) is 0.722. The molecule has 0 bridgehead atoms. The number of nitrogens with one attached hydrogen (secondary N) is 1. The average Bonchev–Trinajstić information content (AvgIpc) is 2.73. The van der Waals surface area contributed by atoms with Crippen LogP contribution in [0.5, 0.6) is 11.5 Å². The van der Waals surface area contributed by atoms with Gasteiger partial charge in [0.05, 0.1) is 0 Å². The van der Waals surface area contributed by atoms with E-state index in [0.717, 1.165) is 15.9 Å². The van der Waals surface area contributed by atoms with Crippen LogP contribution in [-0.2, 0) is 6.61 Å². The van der Waals surface area contributed by atoms with E-state index >= 15 is 0 Å². The number of carbonyl (C=O) groups excluding carboxylic acids is 1. The van der Waals surface area contributed by atoms with E-state index in [1.165, 1.54) is 12.3 Å². The summed E-state index contributed by atoms with van der Waals surface area (Å²) in [5, 5.41) is 2.71. The maximum atomic E-state index is 12.7. The number of nitrogens with zero attached hydrogens (tertiary/aromatic N) is 1. The molecule has 29 heavy (non-hydrogen) atoms. The first kappa shape index (κ1) is 18.6. The highest BCUT2D eigenvalue weighted by Gasteiger charge is 2.16. The SMILES string of the molecule is Cc1cccc(COn2cccc(C(=O)Nc3ccc4c(c3)OCCO4)c2=O)c1. The van der Waals surface area contributed by atoms with Gasteiger partial charge in [-0.05, 0) is 36.8 Å². The highest BCUT2D eigenvalue weighted by molar-refractivity contribution is 6.04. The summed E-state index contributed by atoms with van der Waals surface area (Å²) < 4.78 is 12.1. The predicted octanol–water partition coefficient (Wildman–Crippen LogP) is 2.81. The Morgan fingerprint density at radius 3 is 2.72 bits per heavy atom. The first-order chi connectivity index (χ1) is 14.1. The monoisotopic (exact) mass is 392 g/mol. The molecule has 1 aromatic heterocycles. The average molecular weight is 392 g/mol. The molecule has 0 saturated heterocycles. The summed E-state index contributed by atoms with van der Waals surface area (Å²) in [6.07, 6.45) is 1.49. The summed E-state index contributed by atoms with van der Waals surface area (Å²) in [7, 11) is 0. The Bertz CT molecular complexity index is 1110. The van der Waals surface area contributed by atoms with Gasteiger partial charge in [0.1, 0.15) is 25.4 Å². The number of carbonyl (C=O) groups is 1. The van der Waals surface area contributed by atoms with Crippen molar-refractivity contribution in [2.75, 3.05) is 18.5 Å². The summed E-state index contributed by atoms with van der Waals surface area (Å²) >= 11 is 0. The number of anilines is 1. The van der Waals surface area contributed by atoms with Crippen LogP contribution in [0, 0.1) is 6.92 Å². The molecule has 1 N–H and O–H groups in total. The number of fused-ring (bicyclic) bond motifs is 1. The lowest BCUT2D eigenvalue weighted by atomic mass is 10.1. The number of rotatable bonds is 5. The van der Waals surface area contributed by atoms with Crippen LogP contribution < -0.4 is 25.2 Å². The standard InChI is InChI=1S/C22H20N2O5/c1-15-4-2-5-16(12-15)14-29-24-9-3-6-18(22(24)26)21(25)23-17-7-8-19-20(13-17)28-11-10-27-19/h2-9,12-13H,10-11,14H2,1H3,(H,23,25). The fourth-order valence-corrected chi connectivity index (χ4v) is 3.02. The zero-order valence-corrected chi connectivity index (χ0v) is 15.9. The summed E-state index contributed by atoms with van der Waals surface area (Å²) in [6.45, 7) is 3.14. The van der Waals surface area contributed by atoms with E-state index in [1.807, 2.05) is 31.2 Å². The van der Waals surface area contributed by atoms with E-state index in [9.17, 15) is 9.59 Å². The van der Waals surface area contributed by atoms with Crippen LogP contribution in [0.4, 0.5) is 5.69 Å². The van der Waals surface area contributed by atoms with E-state index in [1.54, 1.807) is 24.3 Å². The minimum Gasteiger partial charge on any atom is -0.486 e. The van der Waals surface area contributed by atoms with Crippen LogP contribution in [0.2, 0.25) is 0 Å². The Morgan fingerprint density at radius 1 is 1.07 bits per heavy atom. The van der Waals surface area contributed by atoms with Crippen molar-refractivity contribution in [2.24, 2.45) is 0 Å². The molecule has 4 rings (SSSR count). The molecule has 0 radical (unpaired) electrons. The minimum absolute atomic E-state index is 0.0216. The van der Waals surface area contributed by atoms with Crippen LogP contribution in [0.25, 0.3) is 0 Å². The lowest BCUT2D eigenvalue weighted by Crippen LogP contribution is -2.32. The Labute approximate surface area is 167 Å². The van der Waals surface area contributed by atoms with E-state index in [0.29, 0.717) is 30.4 Å². The van der Waals surface area contributed by atoms with Crippen molar-refractivity contribution >= 4 is 11.6 Å². The summed E-state index contributed by atoms with van der Waals surface area (Å²) in [5.41, 5.74) is 1.99. The molecule has 148 valence electrons. The number of ether oxygens (including phenoxy) is 2. The Kier molecular flexibility index (Phi) is 5.20. The molecule has 0 fully saturated rings. The van der Waals surface area contributed by atoms with Gasteiger partial charge in [0.15, 0.2) is 11.5 Å². The number of hydrogen-bond donors (Lipinski definition) is 1. The van der Waals surface area contributed by atoms with Gasteiger partial charge >= 0.3 is 0 Å². The molecule has 2 heterocycles. The van der Waals surface area contributed by atoms with Gasteiger partial charge in [-0.3, -0.25) is 9.59 Å². The van der Waals surface area contributed by atoms with Gasteiger partial charge in [0.25, 0.3) is 11.5 Å². The summed E-state index contributed by atoms with van der Waals surface area (Å²) in [5.74, 6) is 0.655. The molecule has 7 heteroatoms. The molecule has 0 atom stereocenters. The van der Waals surface area contributed by atoms with E-state index < -0.39 is 11.5 Å². The fourth-order valence-electron chi connectivity index (χ4n) is 3.02. The molecule has 0 aliphatic carbocycles. The Balaban J connectivity index is 1.49. The second kappa shape index (κ2) is 8.10. The van der Waals surface area contributed by atoms with Gasteiger partial charge in [0.2, 0.25) is 0 Å². The highest BCUT2D eigenvalue weighted by atomic mass is 16.7. The minimum atomic E-state index is -0.532. The molecular weight excluding hydrogens is 372 g/mol. The molecule has 2 aromatic carbocycles. The van der Waals surface area contributed by atoms with Crippen LogP contribution in [0.3, 0.4) is 0 Å². The third-order valence-corrected chi connectivity index (χ3v) is 4.41. The highest BCUT2D eigenvalue weighted by Crippen LogP contribution is 2.32. The number of amides is 1. The van der Waals surface area contributed by atoms with E-state index in [-0.39, 0.29) is 12.2 Å². The van der Waals surface area contributed by atoms with Crippen LogP contribution in [0.1, 0.15) is 21.5 Å². The number of hydrogen-bond acceptors (Lipinski definition) is 5. The predicted molar refractivity (Wildman–Crippen MR) is 108 cm³/mol. The normalized spacial score (nSPS) is 12.3. The maximum Gasteiger partial charge on any atom is 0.295 e. The van der Waals surface area contributed by atoms with Crippen LogP contribution >= 0.6 is 0 Å². The molecule has 3 aromatic rings. The topological polar surface area (TPSA) is 78.8 Å². The largest absolute Gasteiger partial charge is 0.486 e. The zero-order valence-electron chi connectivity index (χ0n) is 15.9. The van der Waals surface area contributed by atoms with Gasteiger partial charge in [-0.2, -0.15) is 4.73 Å². The second-order valence-corrected chi connectivity index (χ2v) is 6.63. The lowest BCUT2D eigenvalue weighted by Gasteiger charge is -2.19. The molecule has 0 saturated carbocycles. The van der Waals surface area contributed by atoms with Gasteiger partial charge in [-0.15, -0.1) is 0 Å². The lowest BCUT2D eigenvalue weighted by molar-refractivity contribution is 0.0863. The van der Waals surface area contributed by atoms with Crippen molar-refractivity contribution in [3.05, 3.63) is 87.8 Å². The van der Waals surface area contributed by atoms with Gasteiger partial charge in [0, 0.05) is 18.0 Å². The molecule has 0 spiro atoms. The molecule has 0 unspecified atom stereocenters. The summed E-state index contributed by atoms with van der Waals surface area (Å²) in [4.78, 5) is 30.9. The molecular formula is C22H20N2O5. The van der Waals surface area contributed by atoms with Crippen LogP contribution in [-0.4, -0.2) is 23.9 Å². The Morgan fingerprint density at radius 2 is 1.90 bits per heavy atom. The van der Waals surface area contributed by atoms with Crippen molar-refractivity contribution in [1.82, 2.24) is 4.73 Å². The smallest absolute Gasteiger partial charge is 0.295 e. The maximum absolute atomic E-state index is 12.7. The first-order valence-electron chi connectivity index (χ1n) is 9.22. The second-order valence-electron chi connectivity index (χ2n) is 6.63. The van der Waals surface area contributed by atoms with E-state index in [2.05, 4.69) is 5.32 Å². The number of benzene rings is 2.